The second-order valence-electron chi connectivity index (χ2n) is 7.29. The first kappa shape index (κ1) is 21.8. The van der Waals surface area contributed by atoms with Crippen LogP contribution in [-0.2, 0) is 26.1 Å². The normalized spacial score (nSPS) is 20.6. The van der Waals surface area contributed by atoms with Crippen molar-refractivity contribution in [2.45, 2.75) is 51.3 Å². The van der Waals surface area contributed by atoms with Crippen molar-refractivity contribution in [3.05, 3.63) is 40.7 Å². The van der Waals surface area contributed by atoms with Gasteiger partial charge in [0.1, 0.15) is 6.54 Å². The van der Waals surface area contributed by atoms with E-state index in [0.717, 1.165) is 5.69 Å². The maximum atomic E-state index is 12.9. The summed E-state index contributed by atoms with van der Waals surface area (Å²) in [5.41, 5.74) is 1.89. The van der Waals surface area contributed by atoms with Crippen molar-refractivity contribution in [1.82, 2.24) is 14.1 Å². The molecular weight excluding hydrogens is 416 g/mol. The van der Waals surface area contributed by atoms with Gasteiger partial charge in [0.15, 0.2) is 0 Å². The van der Waals surface area contributed by atoms with Crippen LogP contribution in [-0.4, -0.2) is 53.7 Å². The zero-order chi connectivity index (χ0) is 21.3. The number of carbonyl (C=O) groups excluding carboxylic acids is 1. The van der Waals surface area contributed by atoms with Gasteiger partial charge in [-0.05, 0) is 52.0 Å². The first-order chi connectivity index (χ1) is 13.6. The molecular formula is C19H25ClN4O4S. The van der Waals surface area contributed by atoms with Crippen LogP contribution in [0.3, 0.4) is 0 Å². The number of carbonyl (C=O) groups is 1. The zero-order valence-electron chi connectivity index (χ0n) is 16.8. The average Bonchev–Trinajstić information content (AvgIpc) is 2.88. The second kappa shape index (κ2) is 8.43. The van der Waals surface area contributed by atoms with Gasteiger partial charge in [-0.2, -0.15) is 9.40 Å². The number of hydrogen-bond donors (Lipinski definition) is 1. The number of benzene rings is 1. The van der Waals surface area contributed by atoms with Crippen LogP contribution in [0.5, 0.6) is 0 Å². The van der Waals surface area contributed by atoms with E-state index in [9.17, 15) is 13.2 Å². The number of nitrogens with one attached hydrogen (secondary N) is 1. The number of nitrogens with zero attached hydrogens (tertiary/aromatic N) is 3. The van der Waals surface area contributed by atoms with Crippen LogP contribution in [0.2, 0.25) is 5.02 Å². The number of hydrogen-bond acceptors (Lipinski definition) is 5. The molecule has 1 fully saturated rings. The Labute approximate surface area is 175 Å². The number of sulfonamides is 1. The molecule has 0 bridgehead atoms. The molecule has 1 aromatic carbocycles. The Morgan fingerprint density at radius 3 is 2.31 bits per heavy atom. The summed E-state index contributed by atoms with van der Waals surface area (Å²) in [6.45, 7) is 7.93. The zero-order valence-corrected chi connectivity index (χ0v) is 18.4. The molecule has 2 aromatic rings. The van der Waals surface area contributed by atoms with Crippen molar-refractivity contribution in [2.24, 2.45) is 0 Å². The predicted molar refractivity (Wildman–Crippen MR) is 111 cm³/mol. The lowest BCUT2D eigenvalue weighted by Crippen LogP contribution is -2.48. The third-order valence-corrected chi connectivity index (χ3v) is 7.14. The van der Waals surface area contributed by atoms with Gasteiger partial charge in [0, 0.05) is 18.8 Å². The van der Waals surface area contributed by atoms with E-state index in [0.29, 0.717) is 29.5 Å². The minimum absolute atomic E-state index is 0.0169. The van der Waals surface area contributed by atoms with Crippen molar-refractivity contribution in [1.29, 1.82) is 0 Å². The summed E-state index contributed by atoms with van der Waals surface area (Å²) in [5, 5.41) is 7.52. The largest absolute Gasteiger partial charge is 0.373 e. The SMILES string of the molecule is Cc1nn(CC(=O)Nc2ccc(S(=O)(=O)N3CC(C)OC(C)C3)cc2)c(C)c1Cl. The van der Waals surface area contributed by atoms with Gasteiger partial charge >= 0.3 is 0 Å². The molecule has 0 radical (unpaired) electrons. The molecule has 8 nitrogen and oxygen atoms in total. The standard InChI is InChI=1S/C19H25ClN4O4S/c1-12-9-23(10-13(2)28-12)29(26,27)17-7-5-16(6-8-17)21-18(25)11-24-15(4)19(20)14(3)22-24/h5-8,12-13H,9-11H2,1-4H3,(H,21,25). The molecule has 1 saturated heterocycles. The summed E-state index contributed by atoms with van der Waals surface area (Å²) in [7, 11) is -3.62. The molecule has 1 aromatic heterocycles. The summed E-state index contributed by atoms with van der Waals surface area (Å²) in [6, 6.07) is 6.14. The fraction of sp³-hybridized carbons (Fsp3) is 0.474. The van der Waals surface area contributed by atoms with E-state index < -0.39 is 10.0 Å². The van der Waals surface area contributed by atoms with E-state index in [4.69, 9.17) is 16.3 Å². The van der Waals surface area contributed by atoms with Gasteiger partial charge in [0.05, 0.1) is 33.5 Å². The van der Waals surface area contributed by atoms with Crippen molar-refractivity contribution in [3.8, 4) is 0 Å². The fourth-order valence-electron chi connectivity index (χ4n) is 3.35. The predicted octanol–water partition coefficient (Wildman–Crippen LogP) is 2.59. The van der Waals surface area contributed by atoms with E-state index in [1.165, 1.54) is 21.1 Å². The number of aromatic nitrogens is 2. The summed E-state index contributed by atoms with van der Waals surface area (Å²) in [6.07, 6.45) is -0.315. The first-order valence-corrected chi connectivity index (χ1v) is 11.1. The van der Waals surface area contributed by atoms with Gasteiger partial charge in [-0.15, -0.1) is 0 Å². The third kappa shape index (κ3) is 4.80. The molecule has 1 amide bonds. The minimum Gasteiger partial charge on any atom is -0.373 e. The number of halogens is 1. The highest BCUT2D eigenvalue weighted by Crippen LogP contribution is 2.23. The van der Waals surface area contributed by atoms with Gasteiger partial charge in [-0.25, -0.2) is 8.42 Å². The molecule has 10 heteroatoms. The number of anilines is 1. The summed E-state index contributed by atoms with van der Waals surface area (Å²) < 4.78 is 34.3. The van der Waals surface area contributed by atoms with Gasteiger partial charge < -0.3 is 10.1 Å². The van der Waals surface area contributed by atoms with Gasteiger partial charge in [-0.3, -0.25) is 9.48 Å². The van der Waals surface area contributed by atoms with Crippen LogP contribution < -0.4 is 5.32 Å². The summed E-state index contributed by atoms with van der Waals surface area (Å²) in [4.78, 5) is 12.5. The lowest BCUT2D eigenvalue weighted by Gasteiger charge is -2.34. The number of ether oxygens (including phenoxy) is 1. The Kier molecular flexibility index (Phi) is 6.33. The minimum atomic E-state index is -3.62. The Morgan fingerprint density at radius 1 is 1.21 bits per heavy atom. The van der Waals surface area contributed by atoms with E-state index in [1.54, 1.807) is 26.0 Å². The molecule has 3 rings (SSSR count). The fourth-order valence-corrected chi connectivity index (χ4v) is 5.08. The van der Waals surface area contributed by atoms with Crippen molar-refractivity contribution < 1.29 is 17.9 Å². The lowest BCUT2D eigenvalue weighted by molar-refractivity contribution is -0.116. The maximum Gasteiger partial charge on any atom is 0.246 e. The van der Waals surface area contributed by atoms with E-state index in [2.05, 4.69) is 10.4 Å². The molecule has 158 valence electrons. The molecule has 1 aliphatic heterocycles. The lowest BCUT2D eigenvalue weighted by atomic mass is 10.3. The average molecular weight is 441 g/mol. The Balaban J connectivity index is 1.68. The van der Waals surface area contributed by atoms with Crippen molar-refractivity contribution in [2.75, 3.05) is 18.4 Å². The molecule has 0 spiro atoms. The Hall–Kier alpha value is -1.94. The maximum absolute atomic E-state index is 12.9. The molecule has 1 aliphatic rings. The molecule has 29 heavy (non-hydrogen) atoms. The third-order valence-electron chi connectivity index (χ3n) is 4.75. The van der Waals surface area contributed by atoms with Crippen LogP contribution >= 0.6 is 11.6 Å². The Bertz CT molecular complexity index is 994. The molecule has 2 atom stereocenters. The van der Waals surface area contributed by atoms with E-state index >= 15 is 0 Å². The molecule has 2 unspecified atom stereocenters. The molecule has 0 saturated carbocycles. The van der Waals surface area contributed by atoms with Crippen molar-refractivity contribution in [3.63, 3.8) is 0 Å². The summed E-state index contributed by atoms with van der Waals surface area (Å²) >= 11 is 6.10. The number of rotatable bonds is 5. The smallest absolute Gasteiger partial charge is 0.246 e. The number of morpholine rings is 1. The van der Waals surface area contributed by atoms with Gasteiger partial charge in [0.25, 0.3) is 0 Å². The number of aryl methyl sites for hydroxylation is 1. The second-order valence-corrected chi connectivity index (χ2v) is 9.61. The van der Waals surface area contributed by atoms with Gasteiger partial charge in [0.2, 0.25) is 15.9 Å². The summed E-state index contributed by atoms with van der Waals surface area (Å²) in [5.74, 6) is -0.279. The van der Waals surface area contributed by atoms with E-state index in [1.807, 2.05) is 13.8 Å². The topological polar surface area (TPSA) is 93.5 Å². The molecule has 2 heterocycles. The van der Waals surface area contributed by atoms with Crippen LogP contribution in [0.4, 0.5) is 5.69 Å². The number of amides is 1. The van der Waals surface area contributed by atoms with Crippen LogP contribution in [0.15, 0.2) is 29.2 Å². The first-order valence-electron chi connectivity index (χ1n) is 9.33. The monoisotopic (exact) mass is 440 g/mol. The van der Waals surface area contributed by atoms with Gasteiger partial charge in [-0.1, -0.05) is 11.6 Å². The highest BCUT2D eigenvalue weighted by atomic mass is 35.5. The van der Waals surface area contributed by atoms with Crippen LogP contribution in [0.25, 0.3) is 0 Å². The quantitative estimate of drug-likeness (QED) is 0.771. The van der Waals surface area contributed by atoms with Crippen molar-refractivity contribution >= 4 is 33.2 Å². The molecule has 1 N–H and O–H groups in total. The van der Waals surface area contributed by atoms with Crippen LogP contribution in [0, 0.1) is 13.8 Å². The van der Waals surface area contributed by atoms with E-state index in [-0.39, 0.29) is 29.6 Å². The Morgan fingerprint density at radius 2 is 1.79 bits per heavy atom. The highest BCUT2D eigenvalue weighted by Gasteiger charge is 2.32. The highest BCUT2D eigenvalue weighted by molar-refractivity contribution is 7.89. The molecule has 0 aliphatic carbocycles. The van der Waals surface area contributed by atoms with Crippen LogP contribution in [0.1, 0.15) is 25.2 Å².